The highest BCUT2D eigenvalue weighted by Crippen LogP contribution is 2.53. The minimum absolute atomic E-state index is 0.0228. The fourth-order valence-corrected chi connectivity index (χ4v) is 5.92. The lowest BCUT2D eigenvalue weighted by Crippen LogP contribution is -2.63. The number of nitrogen functional groups attached to an aromatic ring is 1. The number of hydrogen-bond acceptors (Lipinski definition) is 11. The van der Waals surface area contributed by atoms with Crippen molar-refractivity contribution >= 4 is 28.9 Å². The van der Waals surface area contributed by atoms with Crippen LogP contribution in [0.5, 0.6) is 5.75 Å². The van der Waals surface area contributed by atoms with Gasteiger partial charge in [0.15, 0.2) is 11.4 Å². The summed E-state index contributed by atoms with van der Waals surface area (Å²) in [6.07, 6.45) is 0.0884. The van der Waals surface area contributed by atoms with Gasteiger partial charge in [0.25, 0.3) is 5.91 Å². The zero-order chi connectivity index (χ0) is 29.4. The Morgan fingerprint density at radius 1 is 1.21 bits per heavy atom. The van der Waals surface area contributed by atoms with E-state index >= 15 is 0 Å². The number of aliphatic hydroxyl groups excluding tert-OH is 2. The van der Waals surface area contributed by atoms with E-state index in [4.69, 9.17) is 16.3 Å². The SMILES string of the molecule is C/C(=N\OC(C)(C)C)c1cc(N)c(O)c2c1C[C@H]1C[C@H]3[C@@H](N(C)C)C(O)=C(C(N)=O)C(=O)[C@@]3(O)C(O)=C1C2=O. The molecule has 0 radical (unpaired) electrons. The molecule has 1 aromatic rings. The van der Waals surface area contributed by atoms with E-state index < -0.39 is 69.4 Å². The number of rotatable bonds is 4. The van der Waals surface area contributed by atoms with E-state index in [-0.39, 0.29) is 29.7 Å². The number of primary amides is 1. The van der Waals surface area contributed by atoms with Gasteiger partial charge in [0.1, 0.15) is 28.4 Å². The molecule has 3 aliphatic carbocycles. The second-order valence-electron chi connectivity index (χ2n) is 11.6. The standard InChI is InChI=1S/C27H34N4O8/c1-10(30-39-26(2,3)4)12-9-15(28)20(32)17-13(12)7-11-8-14-19(31(5)6)22(34)18(25(29)37)24(36)27(14,38)23(35)16(11)21(17)33/h9,11,14,19,32,34-35,38H,7-8,28H2,1-6H3,(H2,29,37)/b30-10+/t11-,14-,19+,27-/m0/s1. The normalized spacial score (nSPS) is 27.4. The number of ketones is 2. The van der Waals surface area contributed by atoms with Crippen LogP contribution < -0.4 is 11.5 Å². The number of amides is 1. The lowest BCUT2D eigenvalue weighted by molar-refractivity contribution is -0.148. The Morgan fingerprint density at radius 3 is 2.36 bits per heavy atom. The molecule has 0 aliphatic heterocycles. The number of hydrogen-bond donors (Lipinski definition) is 6. The third-order valence-corrected chi connectivity index (χ3v) is 7.60. The summed E-state index contributed by atoms with van der Waals surface area (Å²) in [5, 5.41) is 48.9. The molecule has 0 saturated carbocycles. The largest absolute Gasteiger partial charge is 0.510 e. The van der Waals surface area contributed by atoms with Crippen molar-refractivity contribution in [1.82, 2.24) is 4.90 Å². The maximum Gasteiger partial charge on any atom is 0.255 e. The van der Waals surface area contributed by atoms with Crippen molar-refractivity contribution in [1.29, 1.82) is 0 Å². The highest BCUT2D eigenvalue weighted by atomic mass is 16.6. The molecule has 8 N–H and O–H groups in total. The van der Waals surface area contributed by atoms with Gasteiger partial charge in [0.2, 0.25) is 5.78 Å². The first-order valence-electron chi connectivity index (χ1n) is 12.5. The quantitative estimate of drug-likeness (QED) is 0.105. The number of anilines is 1. The smallest absolute Gasteiger partial charge is 0.255 e. The zero-order valence-electron chi connectivity index (χ0n) is 22.7. The molecule has 12 nitrogen and oxygen atoms in total. The van der Waals surface area contributed by atoms with Crippen molar-refractivity contribution in [3.63, 3.8) is 0 Å². The average molecular weight is 543 g/mol. The van der Waals surface area contributed by atoms with Gasteiger partial charge in [-0.3, -0.25) is 19.3 Å². The number of aliphatic hydroxyl groups is 3. The first-order valence-corrected chi connectivity index (χ1v) is 12.5. The van der Waals surface area contributed by atoms with Gasteiger partial charge in [0, 0.05) is 17.1 Å². The molecular weight excluding hydrogens is 508 g/mol. The second-order valence-corrected chi connectivity index (χ2v) is 11.6. The van der Waals surface area contributed by atoms with E-state index in [1.807, 2.05) is 20.8 Å². The number of benzene rings is 1. The van der Waals surface area contributed by atoms with Gasteiger partial charge in [-0.05, 0) is 72.2 Å². The number of oxime groups is 1. The number of nitrogens with zero attached hydrogens (tertiary/aromatic N) is 2. The number of allylic oxidation sites excluding steroid dienone is 1. The van der Waals surface area contributed by atoms with Crippen LogP contribution in [0.25, 0.3) is 0 Å². The Bertz CT molecular complexity index is 1400. The van der Waals surface area contributed by atoms with Crippen molar-refractivity contribution < 1.29 is 39.6 Å². The molecule has 0 fully saturated rings. The summed E-state index contributed by atoms with van der Waals surface area (Å²) in [5.74, 6) is -7.30. The number of aromatic hydroxyl groups is 1. The maximum absolute atomic E-state index is 13.9. The monoisotopic (exact) mass is 542 g/mol. The van der Waals surface area contributed by atoms with Crippen LogP contribution in [0.2, 0.25) is 0 Å². The van der Waals surface area contributed by atoms with Crippen molar-refractivity contribution in [2.24, 2.45) is 22.7 Å². The van der Waals surface area contributed by atoms with Crippen LogP contribution in [0.4, 0.5) is 5.69 Å². The number of fused-ring (bicyclic) bond motifs is 3. The Balaban J connectivity index is 1.95. The molecule has 0 heterocycles. The molecule has 210 valence electrons. The molecule has 4 rings (SSSR count). The summed E-state index contributed by atoms with van der Waals surface area (Å²) in [4.78, 5) is 46.3. The summed E-state index contributed by atoms with van der Waals surface area (Å²) < 4.78 is 0. The second kappa shape index (κ2) is 9.09. The molecule has 1 amide bonds. The van der Waals surface area contributed by atoms with E-state index in [9.17, 15) is 34.8 Å². The van der Waals surface area contributed by atoms with E-state index in [0.29, 0.717) is 16.8 Å². The molecule has 3 aliphatic rings. The predicted octanol–water partition coefficient (Wildman–Crippen LogP) is 1.24. The number of Topliss-reactive ketones (excluding diaryl/α,β-unsaturated/α-hetero) is 2. The van der Waals surface area contributed by atoms with Gasteiger partial charge in [-0.15, -0.1) is 0 Å². The molecule has 0 aromatic heterocycles. The highest BCUT2D eigenvalue weighted by molar-refractivity contribution is 6.25. The number of carbonyl (C=O) groups is 3. The van der Waals surface area contributed by atoms with Crippen LogP contribution in [-0.4, -0.2) is 79.9 Å². The number of carbonyl (C=O) groups excluding carboxylic acids is 3. The van der Waals surface area contributed by atoms with Gasteiger partial charge in [0.05, 0.1) is 23.0 Å². The minimum Gasteiger partial charge on any atom is -0.510 e. The lowest BCUT2D eigenvalue weighted by Gasteiger charge is -2.50. The molecule has 39 heavy (non-hydrogen) atoms. The van der Waals surface area contributed by atoms with E-state index in [0.717, 1.165) is 0 Å². The number of phenolic OH excluding ortho intramolecular Hbond substituents is 1. The molecule has 0 spiro atoms. The molecule has 12 heteroatoms. The first kappa shape index (κ1) is 28.1. The van der Waals surface area contributed by atoms with Crippen molar-refractivity contribution in [2.45, 2.75) is 57.8 Å². The third-order valence-electron chi connectivity index (χ3n) is 7.60. The summed E-state index contributed by atoms with van der Waals surface area (Å²) in [6.45, 7) is 7.12. The number of likely N-dealkylation sites (N-methyl/N-ethyl adjacent to an activating group) is 1. The van der Waals surface area contributed by atoms with Gasteiger partial charge < -0.3 is 36.7 Å². The predicted molar refractivity (Wildman–Crippen MR) is 141 cm³/mol. The summed E-state index contributed by atoms with van der Waals surface area (Å²) >= 11 is 0. The van der Waals surface area contributed by atoms with Gasteiger partial charge >= 0.3 is 0 Å². The molecule has 0 unspecified atom stereocenters. The van der Waals surface area contributed by atoms with Crippen LogP contribution in [-0.2, 0) is 20.8 Å². The summed E-state index contributed by atoms with van der Waals surface area (Å²) in [7, 11) is 3.14. The Kier molecular flexibility index (Phi) is 6.56. The van der Waals surface area contributed by atoms with E-state index in [1.165, 1.54) is 11.0 Å². The fourth-order valence-electron chi connectivity index (χ4n) is 5.92. The number of phenols is 1. The average Bonchev–Trinajstić information content (AvgIpc) is 2.81. The van der Waals surface area contributed by atoms with Gasteiger partial charge in [-0.25, -0.2) is 0 Å². The van der Waals surface area contributed by atoms with Gasteiger partial charge in [-0.2, -0.15) is 0 Å². The van der Waals surface area contributed by atoms with Crippen molar-refractivity contribution in [3.8, 4) is 5.75 Å². The summed E-state index contributed by atoms with van der Waals surface area (Å²) in [5.41, 5.74) is 7.94. The summed E-state index contributed by atoms with van der Waals surface area (Å²) in [6, 6.07) is 0.415. The molecule has 1 aromatic carbocycles. The van der Waals surface area contributed by atoms with Gasteiger partial charge in [-0.1, -0.05) is 5.16 Å². The van der Waals surface area contributed by atoms with Crippen molar-refractivity contribution in [3.05, 3.63) is 45.4 Å². The topological polar surface area (TPSA) is 209 Å². The van der Waals surface area contributed by atoms with Crippen LogP contribution in [0.3, 0.4) is 0 Å². The molecule has 4 atom stereocenters. The Morgan fingerprint density at radius 2 is 1.82 bits per heavy atom. The molecule has 0 saturated heterocycles. The van der Waals surface area contributed by atoms with Crippen molar-refractivity contribution in [2.75, 3.05) is 19.8 Å². The maximum atomic E-state index is 13.9. The van der Waals surface area contributed by atoms with E-state index in [2.05, 4.69) is 5.16 Å². The highest BCUT2D eigenvalue weighted by Gasteiger charge is 2.63. The zero-order valence-corrected chi connectivity index (χ0v) is 22.7. The minimum atomic E-state index is -2.71. The fraction of sp³-hybridized carbons (Fsp3) is 0.481. The Hall–Kier alpha value is -3.90. The number of nitrogens with two attached hydrogens (primary N) is 2. The van der Waals surface area contributed by atoms with Crippen LogP contribution in [0, 0.1) is 11.8 Å². The molecule has 0 bridgehead atoms. The molecular formula is C27H34N4O8. The first-order chi connectivity index (χ1) is 17.9. The third kappa shape index (κ3) is 4.14. The van der Waals surface area contributed by atoms with Crippen LogP contribution >= 0.6 is 0 Å². The lowest BCUT2D eigenvalue weighted by atomic mass is 9.58. The van der Waals surface area contributed by atoms with Crippen LogP contribution in [0.1, 0.15) is 55.6 Å². The Labute approximate surface area is 225 Å². The van der Waals surface area contributed by atoms with Crippen LogP contribution in [0.15, 0.2) is 33.9 Å². The van der Waals surface area contributed by atoms with E-state index in [1.54, 1.807) is 21.0 Å².